The lowest BCUT2D eigenvalue weighted by atomic mass is 10.1. The summed E-state index contributed by atoms with van der Waals surface area (Å²) in [5.41, 5.74) is 1.38. The van der Waals surface area contributed by atoms with Gasteiger partial charge in [0.15, 0.2) is 0 Å². The van der Waals surface area contributed by atoms with Gasteiger partial charge in [-0.3, -0.25) is 4.79 Å². The van der Waals surface area contributed by atoms with Gasteiger partial charge in [-0.2, -0.15) is 18.2 Å². The van der Waals surface area contributed by atoms with E-state index in [2.05, 4.69) is 25.9 Å². The van der Waals surface area contributed by atoms with Crippen LogP contribution in [0.3, 0.4) is 0 Å². The van der Waals surface area contributed by atoms with Crippen LogP contribution in [0.2, 0.25) is 0 Å². The van der Waals surface area contributed by atoms with Crippen LogP contribution in [0.4, 0.5) is 30.6 Å². The van der Waals surface area contributed by atoms with E-state index in [9.17, 15) is 18.0 Å². The fraction of sp³-hybridized carbons (Fsp3) is 0.227. The Hall–Kier alpha value is -3.62. The average molecular weight is 429 g/mol. The minimum atomic E-state index is -4.59. The first-order valence-electron chi connectivity index (χ1n) is 9.60. The molecule has 0 saturated carbocycles. The van der Waals surface area contributed by atoms with Crippen molar-refractivity contribution in [3.8, 4) is 0 Å². The number of carbonyl (C=O) groups is 1. The minimum absolute atomic E-state index is 0.100. The van der Waals surface area contributed by atoms with E-state index in [0.717, 1.165) is 29.1 Å². The summed E-state index contributed by atoms with van der Waals surface area (Å²) in [4.78, 5) is 20.8. The molecule has 0 radical (unpaired) electrons. The molecule has 0 fully saturated rings. The predicted molar refractivity (Wildman–Crippen MR) is 113 cm³/mol. The molecule has 1 heterocycles. The summed E-state index contributed by atoms with van der Waals surface area (Å²) in [5, 5.41) is 8.65. The first-order chi connectivity index (χ1) is 14.7. The molecule has 0 atom stereocenters. The van der Waals surface area contributed by atoms with Gasteiger partial charge >= 0.3 is 6.18 Å². The lowest BCUT2D eigenvalue weighted by Crippen LogP contribution is -2.30. The molecule has 0 spiro atoms. The van der Waals surface area contributed by atoms with Gasteiger partial charge in [0.2, 0.25) is 5.95 Å². The smallest absolute Gasteiger partial charge is 0.352 e. The van der Waals surface area contributed by atoms with E-state index < -0.39 is 23.2 Å². The molecule has 0 saturated heterocycles. The quantitative estimate of drug-likeness (QED) is 0.475. The van der Waals surface area contributed by atoms with Crippen LogP contribution in [0.25, 0.3) is 0 Å². The van der Waals surface area contributed by atoms with Crippen molar-refractivity contribution in [2.24, 2.45) is 0 Å². The van der Waals surface area contributed by atoms with Gasteiger partial charge in [-0.15, -0.1) is 0 Å². The van der Waals surface area contributed by atoms with E-state index in [1.807, 2.05) is 38.1 Å². The zero-order valence-electron chi connectivity index (χ0n) is 17.0. The van der Waals surface area contributed by atoms with E-state index in [4.69, 9.17) is 0 Å². The Balaban J connectivity index is 1.57. The number of rotatable bonds is 7. The summed E-state index contributed by atoms with van der Waals surface area (Å²) >= 11 is 0. The Kier molecular flexibility index (Phi) is 6.74. The Morgan fingerprint density at radius 3 is 2.39 bits per heavy atom. The number of aromatic nitrogens is 2. The van der Waals surface area contributed by atoms with Crippen molar-refractivity contribution >= 4 is 23.4 Å². The standard InChI is InChI=1S/C22H22F3N5O/c1-14-7-9-16(10-8-14)29-19-13-15(2)28-21(30-19)27-12-11-26-20(31)17-5-3-4-6-18(17)22(23,24)25/h3-10,13H,11-12H2,1-2H3,(H,26,31)(H2,27,28,29,30). The molecule has 0 aliphatic carbocycles. The third-order valence-corrected chi connectivity index (χ3v) is 4.35. The molecule has 9 heteroatoms. The number of halogens is 3. The van der Waals surface area contributed by atoms with Gasteiger partial charge in [0.1, 0.15) is 5.82 Å². The number of nitrogens with zero attached hydrogens (tertiary/aromatic N) is 2. The molecule has 3 rings (SSSR count). The summed E-state index contributed by atoms with van der Waals surface area (Å²) < 4.78 is 39.2. The third-order valence-electron chi connectivity index (χ3n) is 4.35. The van der Waals surface area contributed by atoms with Gasteiger partial charge in [-0.25, -0.2) is 4.98 Å². The normalized spacial score (nSPS) is 11.1. The Morgan fingerprint density at radius 2 is 1.68 bits per heavy atom. The lowest BCUT2D eigenvalue weighted by Gasteiger charge is -2.13. The Bertz CT molecular complexity index is 1050. The molecular weight excluding hydrogens is 407 g/mol. The van der Waals surface area contributed by atoms with Crippen molar-refractivity contribution in [2.75, 3.05) is 23.7 Å². The zero-order valence-corrected chi connectivity index (χ0v) is 17.0. The molecule has 31 heavy (non-hydrogen) atoms. The first kappa shape index (κ1) is 22.1. The van der Waals surface area contributed by atoms with Gasteiger partial charge in [-0.1, -0.05) is 29.8 Å². The Labute approximate surface area is 177 Å². The van der Waals surface area contributed by atoms with Gasteiger partial charge in [0.05, 0.1) is 11.1 Å². The van der Waals surface area contributed by atoms with Gasteiger partial charge in [-0.05, 0) is 38.1 Å². The van der Waals surface area contributed by atoms with E-state index in [1.165, 1.54) is 12.1 Å². The summed E-state index contributed by atoms with van der Waals surface area (Å²) in [7, 11) is 0. The summed E-state index contributed by atoms with van der Waals surface area (Å²) in [6.45, 7) is 4.17. The molecule has 2 aromatic carbocycles. The maximum Gasteiger partial charge on any atom is 0.417 e. The molecule has 1 aromatic heterocycles. The SMILES string of the molecule is Cc1ccc(Nc2cc(C)nc(NCCNC(=O)c3ccccc3C(F)(F)F)n2)cc1. The fourth-order valence-corrected chi connectivity index (χ4v) is 2.87. The van der Waals surface area contributed by atoms with Crippen LogP contribution in [-0.4, -0.2) is 29.0 Å². The van der Waals surface area contributed by atoms with Gasteiger partial charge in [0.25, 0.3) is 5.91 Å². The first-order valence-corrected chi connectivity index (χ1v) is 9.60. The monoisotopic (exact) mass is 429 g/mol. The highest BCUT2D eigenvalue weighted by Gasteiger charge is 2.34. The molecule has 162 valence electrons. The van der Waals surface area contributed by atoms with Crippen LogP contribution in [-0.2, 0) is 6.18 Å². The second kappa shape index (κ2) is 9.46. The van der Waals surface area contributed by atoms with Crippen LogP contribution in [0.1, 0.15) is 27.2 Å². The molecule has 0 bridgehead atoms. The van der Waals surface area contributed by atoms with Crippen LogP contribution < -0.4 is 16.0 Å². The third kappa shape index (κ3) is 6.18. The maximum atomic E-state index is 13.1. The summed E-state index contributed by atoms with van der Waals surface area (Å²) in [5.74, 6) is 0.156. The van der Waals surface area contributed by atoms with E-state index in [0.29, 0.717) is 11.8 Å². The van der Waals surface area contributed by atoms with Crippen LogP contribution in [0, 0.1) is 13.8 Å². The zero-order chi connectivity index (χ0) is 22.4. The van der Waals surface area contributed by atoms with Crippen molar-refractivity contribution in [3.63, 3.8) is 0 Å². The topological polar surface area (TPSA) is 78.9 Å². The number of carbonyl (C=O) groups excluding carboxylic acids is 1. The molecule has 0 aliphatic rings. The largest absolute Gasteiger partial charge is 0.417 e. The molecule has 3 aromatic rings. The number of hydrogen-bond donors (Lipinski definition) is 3. The van der Waals surface area contributed by atoms with Crippen molar-refractivity contribution in [1.82, 2.24) is 15.3 Å². The number of anilines is 3. The molecule has 1 amide bonds. The number of amides is 1. The number of aryl methyl sites for hydroxylation is 2. The number of hydrogen-bond acceptors (Lipinski definition) is 5. The number of benzene rings is 2. The summed E-state index contributed by atoms with van der Waals surface area (Å²) in [6, 6.07) is 14.3. The predicted octanol–water partition coefficient (Wildman–Crippen LogP) is 4.70. The Morgan fingerprint density at radius 1 is 0.968 bits per heavy atom. The number of alkyl halides is 3. The van der Waals surface area contributed by atoms with E-state index in [-0.39, 0.29) is 13.1 Å². The molecular formula is C22H22F3N5O. The highest BCUT2D eigenvalue weighted by Crippen LogP contribution is 2.31. The van der Waals surface area contributed by atoms with E-state index >= 15 is 0 Å². The van der Waals surface area contributed by atoms with E-state index in [1.54, 1.807) is 6.07 Å². The lowest BCUT2D eigenvalue weighted by molar-refractivity contribution is -0.137. The second-order valence-electron chi connectivity index (χ2n) is 6.94. The summed E-state index contributed by atoms with van der Waals surface area (Å²) in [6.07, 6.45) is -4.59. The average Bonchev–Trinajstić information content (AvgIpc) is 2.72. The fourth-order valence-electron chi connectivity index (χ4n) is 2.87. The number of nitrogens with one attached hydrogen (secondary N) is 3. The van der Waals surface area contributed by atoms with Crippen molar-refractivity contribution in [2.45, 2.75) is 20.0 Å². The van der Waals surface area contributed by atoms with Crippen LogP contribution in [0.5, 0.6) is 0 Å². The van der Waals surface area contributed by atoms with Gasteiger partial charge < -0.3 is 16.0 Å². The van der Waals surface area contributed by atoms with Crippen molar-refractivity contribution < 1.29 is 18.0 Å². The molecule has 6 nitrogen and oxygen atoms in total. The highest BCUT2D eigenvalue weighted by atomic mass is 19.4. The van der Waals surface area contributed by atoms with Crippen molar-refractivity contribution in [1.29, 1.82) is 0 Å². The highest BCUT2D eigenvalue weighted by molar-refractivity contribution is 5.95. The molecule has 3 N–H and O–H groups in total. The molecule has 0 aliphatic heterocycles. The maximum absolute atomic E-state index is 13.1. The van der Waals surface area contributed by atoms with Crippen LogP contribution in [0.15, 0.2) is 54.6 Å². The minimum Gasteiger partial charge on any atom is -0.352 e. The van der Waals surface area contributed by atoms with Gasteiger partial charge in [0, 0.05) is 30.5 Å². The molecule has 0 unspecified atom stereocenters. The van der Waals surface area contributed by atoms with Crippen LogP contribution >= 0.6 is 0 Å². The van der Waals surface area contributed by atoms with Crippen molar-refractivity contribution in [3.05, 3.63) is 77.0 Å². The second-order valence-corrected chi connectivity index (χ2v) is 6.94.